The molecule has 3 rings (SSSR count). The SMILES string of the molecule is [Al][S]c1c([Si]c2ccccc2)cccc1-n1cccn1. The maximum absolute atomic E-state index is 4.34. The molecule has 0 N–H and O–H groups in total. The van der Waals surface area contributed by atoms with Crippen LogP contribution in [0, 0.1) is 0 Å². The van der Waals surface area contributed by atoms with Crippen molar-refractivity contribution in [3.63, 3.8) is 0 Å². The van der Waals surface area contributed by atoms with Crippen molar-refractivity contribution < 1.29 is 0 Å². The third-order valence-corrected chi connectivity index (χ3v) is 5.78. The Balaban J connectivity index is 2.01. The largest absolute Gasteiger partial charge is 0.252 e. The van der Waals surface area contributed by atoms with Crippen LogP contribution in [-0.4, -0.2) is 34.5 Å². The van der Waals surface area contributed by atoms with Crippen molar-refractivity contribution in [2.24, 2.45) is 0 Å². The molecule has 4 radical (unpaired) electrons. The lowest BCUT2D eigenvalue weighted by Crippen LogP contribution is -2.29. The molecule has 0 fully saturated rings. The van der Waals surface area contributed by atoms with Gasteiger partial charge in [0, 0.05) is 17.3 Å². The molecular weight excluding hydrogens is 295 g/mol. The molecule has 2 aromatic carbocycles. The first-order valence-corrected chi connectivity index (χ1v) is 9.50. The molecule has 0 unspecified atom stereocenters. The number of hydrogen-bond acceptors (Lipinski definition) is 2. The predicted molar refractivity (Wildman–Crippen MR) is 86.6 cm³/mol. The first-order chi connectivity index (χ1) is 9.88. The van der Waals surface area contributed by atoms with Crippen LogP contribution in [0.2, 0.25) is 0 Å². The highest BCUT2D eigenvalue weighted by molar-refractivity contribution is 8.19. The molecule has 1 heterocycles. The van der Waals surface area contributed by atoms with Crippen LogP contribution in [0.1, 0.15) is 0 Å². The zero-order valence-electron chi connectivity index (χ0n) is 10.7. The summed E-state index contributed by atoms with van der Waals surface area (Å²) in [6, 6.07) is 19.0. The average Bonchev–Trinajstić information content (AvgIpc) is 3.02. The van der Waals surface area contributed by atoms with Gasteiger partial charge in [-0.05, 0) is 17.3 Å². The zero-order chi connectivity index (χ0) is 13.8. The van der Waals surface area contributed by atoms with Crippen LogP contribution in [0.15, 0.2) is 71.9 Å². The summed E-state index contributed by atoms with van der Waals surface area (Å²) >= 11 is 2.75. The Bertz CT molecular complexity index is 686. The molecule has 0 atom stereocenters. The molecule has 3 aromatic rings. The van der Waals surface area contributed by atoms with Gasteiger partial charge in [-0.2, -0.15) is 5.10 Å². The van der Waals surface area contributed by atoms with E-state index in [-0.39, 0.29) is 0 Å². The van der Waals surface area contributed by atoms with Crippen LogP contribution in [0.3, 0.4) is 0 Å². The van der Waals surface area contributed by atoms with Crippen molar-refractivity contribution >= 4 is 45.2 Å². The first kappa shape index (κ1) is 13.7. The summed E-state index contributed by atoms with van der Waals surface area (Å²) in [5.74, 6) is 0. The number of rotatable bonds is 4. The summed E-state index contributed by atoms with van der Waals surface area (Å²) in [5.41, 5.74) is 1.14. The highest BCUT2D eigenvalue weighted by atomic mass is 32.3. The number of aromatic nitrogens is 2. The second-order valence-corrected chi connectivity index (χ2v) is 6.93. The molecule has 0 aliphatic carbocycles. The molecule has 0 saturated heterocycles. The van der Waals surface area contributed by atoms with E-state index < -0.39 is 0 Å². The maximum Gasteiger partial charge on any atom is 0.241 e. The van der Waals surface area contributed by atoms with Crippen LogP contribution in [0.5, 0.6) is 0 Å². The van der Waals surface area contributed by atoms with Crippen molar-refractivity contribution in [1.29, 1.82) is 0 Å². The van der Waals surface area contributed by atoms with E-state index in [2.05, 4.69) is 68.8 Å². The summed E-state index contributed by atoms with van der Waals surface area (Å²) < 4.78 is 1.92. The van der Waals surface area contributed by atoms with Gasteiger partial charge in [-0.15, -0.1) is 0 Å². The summed E-state index contributed by atoms with van der Waals surface area (Å²) in [5, 5.41) is 7.04. The third-order valence-electron chi connectivity index (χ3n) is 2.92. The van der Waals surface area contributed by atoms with E-state index in [9.17, 15) is 0 Å². The van der Waals surface area contributed by atoms with Gasteiger partial charge in [0.05, 0.1) is 5.69 Å². The Kier molecular flexibility index (Phi) is 4.44. The molecule has 0 amide bonds. The van der Waals surface area contributed by atoms with Gasteiger partial charge in [0.2, 0.25) is 15.2 Å². The van der Waals surface area contributed by atoms with Gasteiger partial charge in [0.15, 0.2) is 0 Å². The second kappa shape index (κ2) is 6.47. The van der Waals surface area contributed by atoms with Crippen molar-refractivity contribution in [3.05, 3.63) is 67.0 Å². The topological polar surface area (TPSA) is 17.8 Å². The van der Waals surface area contributed by atoms with E-state index in [0.717, 1.165) is 5.69 Å². The highest BCUT2D eigenvalue weighted by Crippen LogP contribution is 2.20. The molecule has 0 spiro atoms. The van der Waals surface area contributed by atoms with Crippen LogP contribution in [0.4, 0.5) is 0 Å². The number of benzene rings is 2. The molecule has 94 valence electrons. The van der Waals surface area contributed by atoms with Crippen LogP contribution in [-0.2, 0) is 0 Å². The van der Waals surface area contributed by atoms with E-state index in [4.69, 9.17) is 0 Å². The predicted octanol–water partition coefficient (Wildman–Crippen LogP) is 1.70. The van der Waals surface area contributed by atoms with Crippen molar-refractivity contribution in [3.8, 4) is 5.69 Å². The molecule has 0 aliphatic heterocycles. The van der Waals surface area contributed by atoms with Crippen molar-refractivity contribution in [2.45, 2.75) is 4.90 Å². The molecule has 1 aromatic heterocycles. The normalized spacial score (nSPS) is 10.6. The van der Waals surface area contributed by atoms with Crippen LogP contribution in [0.25, 0.3) is 5.69 Å². The van der Waals surface area contributed by atoms with Crippen LogP contribution < -0.4 is 10.4 Å². The summed E-state index contributed by atoms with van der Waals surface area (Å²) in [6.45, 7) is 0. The van der Waals surface area contributed by atoms with Gasteiger partial charge in [-0.1, -0.05) is 47.7 Å². The molecule has 0 saturated carbocycles. The molecule has 0 bridgehead atoms. The third kappa shape index (κ3) is 2.92. The van der Waals surface area contributed by atoms with E-state index in [0.29, 0.717) is 9.52 Å². The fourth-order valence-corrected chi connectivity index (χ4v) is 5.01. The minimum Gasteiger partial charge on any atom is -0.252 e. The van der Waals surface area contributed by atoms with Gasteiger partial charge in [0.25, 0.3) is 0 Å². The standard InChI is InChI=1S/C15H12N2SSi.Al/c18-15-13(17-11-5-10-16-17)8-4-9-14(15)19-12-6-2-1-3-7-12;/h1-11,18H;/q;+1/p-1. The van der Waals surface area contributed by atoms with Crippen molar-refractivity contribution in [2.75, 3.05) is 0 Å². The monoisotopic (exact) mass is 306 g/mol. The quantitative estimate of drug-likeness (QED) is 0.683. The highest BCUT2D eigenvalue weighted by Gasteiger charge is 2.09. The Morgan fingerprint density at radius 1 is 1.00 bits per heavy atom. The van der Waals surface area contributed by atoms with E-state index in [1.807, 2.05) is 23.1 Å². The van der Waals surface area contributed by atoms with Gasteiger partial charge in [-0.25, -0.2) is 4.68 Å². The molecule has 0 aliphatic rings. The van der Waals surface area contributed by atoms with Gasteiger partial charge >= 0.3 is 0 Å². The van der Waals surface area contributed by atoms with Gasteiger partial charge in [-0.3, -0.25) is 10.1 Å². The summed E-state index contributed by atoms with van der Waals surface area (Å²) in [4.78, 5) is 1.27. The Morgan fingerprint density at radius 2 is 1.85 bits per heavy atom. The summed E-state index contributed by atoms with van der Waals surface area (Å²) in [6.07, 6.45) is 3.79. The van der Waals surface area contributed by atoms with E-state index >= 15 is 0 Å². The fraction of sp³-hybridized carbons (Fsp3) is 0. The van der Waals surface area contributed by atoms with Crippen molar-refractivity contribution in [1.82, 2.24) is 9.78 Å². The van der Waals surface area contributed by atoms with E-state index in [1.165, 1.54) is 15.3 Å². The lowest BCUT2D eigenvalue weighted by Gasteiger charge is -2.13. The molecule has 5 heteroatoms. The average molecular weight is 306 g/mol. The lowest BCUT2D eigenvalue weighted by molar-refractivity contribution is 0.865. The minimum atomic E-state index is 0.658. The lowest BCUT2D eigenvalue weighted by atomic mass is 10.3. The smallest absolute Gasteiger partial charge is 0.241 e. The van der Waals surface area contributed by atoms with Crippen LogP contribution >= 0.6 is 10.1 Å². The first-order valence-electron chi connectivity index (χ1n) is 6.20. The Hall–Kier alpha value is -1.25. The minimum absolute atomic E-state index is 0.658. The fourth-order valence-electron chi connectivity index (χ4n) is 2.02. The summed E-state index contributed by atoms with van der Waals surface area (Å²) in [7, 11) is 2.36. The van der Waals surface area contributed by atoms with E-state index in [1.54, 1.807) is 10.1 Å². The number of nitrogens with zero attached hydrogens (tertiary/aromatic N) is 2. The van der Waals surface area contributed by atoms with Gasteiger partial charge in [0.1, 0.15) is 9.52 Å². The molecule has 2 nitrogen and oxygen atoms in total. The van der Waals surface area contributed by atoms with Gasteiger partial charge < -0.3 is 0 Å². The Labute approximate surface area is 132 Å². The molecule has 20 heavy (non-hydrogen) atoms. The number of hydrogen-bond donors (Lipinski definition) is 0. The second-order valence-electron chi connectivity index (χ2n) is 4.21. The zero-order valence-corrected chi connectivity index (χ0v) is 13.7. The molecular formula is C15H11AlN2SSi. The Morgan fingerprint density at radius 3 is 2.55 bits per heavy atom. The maximum atomic E-state index is 4.34.